The normalized spacial score (nSPS) is 18.6. The van der Waals surface area contributed by atoms with E-state index in [1.54, 1.807) is 0 Å². The molecule has 0 unspecified atom stereocenters. The highest BCUT2D eigenvalue weighted by molar-refractivity contribution is 7.11. The molecule has 1 aliphatic heterocycles. The first-order valence-corrected chi connectivity index (χ1v) is 6.37. The minimum Gasteiger partial charge on any atom is -0.317 e. The molecule has 15 heavy (non-hydrogen) atoms. The molecule has 2 rings (SSSR count). The molecular weight excluding hydrogens is 206 g/mol. The second kappa shape index (κ2) is 5.05. The van der Waals surface area contributed by atoms with Crippen molar-refractivity contribution in [2.75, 3.05) is 27.2 Å². The highest BCUT2D eigenvalue weighted by Gasteiger charge is 2.18. The van der Waals surface area contributed by atoms with E-state index >= 15 is 0 Å². The van der Waals surface area contributed by atoms with Gasteiger partial charge in [0.1, 0.15) is 0 Å². The molecule has 0 aromatic carbocycles. The van der Waals surface area contributed by atoms with E-state index in [-0.39, 0.29) is 0 Å². The van der Waals surface area contributed by atoms with Crippen LogP contribution in [0.4, 0.5) is 0 Å². The topological polar surface area (TPSA) is 28.2 Å². The second-order valence-corrected chi connectivity index (χ2v) is 5.57. The molecule has 3 nitrogen and oxygen atoms in total. The zero-order chi connectivity index (χ0) is 10.7. The lowest BCUT2D eigenvalue weighted by Crippen LogP contribution is -2.26. The van der Waals surface area contributed by atoms with Gasteiger partial charge in [0.25, 0.3) is 0 Å². The van der Waals surface area contributed by atoms with Crippen molar-refractivity contribution in [1.29, 1.82) is 0 Å². The molecule has 0 saturated carbocycles. The summed E-state index contributed by atoms with van der Waals surface area (Å²) in [5, 5.41) is 4.73. The summed E-state index contributed by atoms with van der Waals surface area (Å²) in [4.78, 5) is 8.13. The van der Waals surface area contributed by atoms with E-state index in [2.05, 4.69) is 29.3 Å². The van der Waals surface area contributed by atoms with E-state index in [0.29, 0.717) is 5.92 Å². The van der Waals surface area contributed by atoms with Crippen molar-refractivity contribution >= 4 is 11.3 Å². The summed E-state index contributed by atoms with van der Waals surface area (Å²) in [6.45, 7) is 3.31. The molecule has 1 saturated heterocycles. The van der Waals surface area contributed by atoms with E-state index < -0.39 is 0 Å². The largest absolute Gasteiger partial charge is 0.317 e. The Balaban J connectivity index is 1.99. The molecule has 1 aliphatic rings. The molecule has 0 aliphatic carbocycles. The zero-order valence-electron chi connectivity index (χ0n) is 9.49. The van der Waals surface area contributed by atoms with Gasteiger partial charge < -0.3 is 10.2 Å². The van der Waals surface area contributed by atoms with Crippen LogP contribution in [0.1, 0.15) is 28.6 Å². The molecule has 1 aromatic rings. The number of piperidine rings is 1. The summed E-state index contributed by atoms with van der Waals surface area (Å²) in [6.07, 6.45) is 4.53. The first-order chi connectivity index (χ1) is 7.25. The van der Waals surface area contributed by atoms with Crippen molar-refractivity contribution in [1.82, 2.24) is 15.2 Å². The van der Waals surface area contributed by atoms with E-state index in [9.17, 15) is 0 Å². The third-order valence-corrected chi connectivity index (χ3v) is 3.88. The first-order valence-electron chi connectivity index (χ1n) is 5.56. The lowest BCUT2D eigenvalue weighted by atomic mass is 9.99. The van der Waals surface area contributed by atoms with Gasteiger partial charge in [-0.25, -0.2) is 4.98 Å². The van der Waals surface area contributed by atoms with Gasteiger partial charge in [-0.3, -0.25) is 0 Å². The zero-order valence-corrected chi connectivity index (χ0v) is 10.3. The molecule has 0 atom stereocenters. The molecule has 1 aromatic heterocycles. The summed E-state index contributed by atoms with van der Waals surface area (Å²) >= 11 is 1.89. The highest BCUT2D eigenvalue weighted by atomic mass is 32.1. The van der Waals surface area contributed by atoms with Crippen LogP contribution in [0.2, 0.25) is 0 Å². The maximum absolute atomic E-state index is 4.56. The monoisotopic (exact) mass is 225 g/mol. The van der Waals surface area contributed by atoms with Crippen LogP contribution in [0.3, 0.4) is 0 Å². The summed E-state index contributed by atoms with van der Waals surface area (Å²) in [5.41, 5.74) is 0. The number of rotatable bonds is 3. The molecule has 84 valence electrons. The third-order valence-electron chi connectivity index (χ3n) is 2.73. The second-order valence-electron chi connectivity index (χ2n) is 4.43. The fourth-order valence-electron chi connectivity index (χ4n) is 1.97. The Kier molecular flexibility index (Phi) is 3.72. The Morgan fingerprint density at radius 1 is 1.47 bits per heavy atom. The average molecular weight is 225 g/mol. The van der Waals surface area contributed by atoms with Crippen molar-refractivity contribution in [3.05, 3.63) is 16.1 Å². The fourth-order valence-corrected chi connectivity index (χ4v) is 3.17. The molecular formula is C11H19N3S. The molecule has 0 radical (unpaired) electrons. The molecule has 2 heterocycles. The van der Waals surface area contributed by atoms with Crippen LogP contribution in [0, 0.1) is 0 Å². The Hall–Kier alpha value is -0.450. The van der Waals surface area contributed by atoms with Gasteiger partial charge in [-0.2, -0.15) is 0 Å². The molecule has 1 N–H and O–H groups in total. The summed E-state index contributed by atoms with van der Waals surface area (Å²) in [7, 11) is 4.20. The molecule has 0 amide bonds. The van der Waals surface area contributed by atoms with Gasteiger partial charge in [-0.15, -0.1) is 11.3 Å². The van der Waals surface area contributed by atoms with Crippen molar-refractivity contribution in [2.24, 2.45) is 0 Å². The van der Waals surface area contributed by atoms with Crippen LogP contribution >= 0.6 is 11.3 Å². The van der Waals surface area contributed by atoms with Crippen molar-refractivity contribution in [3.63, 3.8) is 0 Å². The van der Waals surface area contributed by atoms with Crippen LogP contribution in [-0.4, -0.2) is 37.1 Å². The number of hydrogen-bond acceptors (Lipinski definition) is 4. The molecule has 4 heteroatoms. The Morgan fingerprint density at radius 3 is 2.87 bits per heavy atom. The Labute approximate surface area is 95.5 Å². The van der Waals surface area contributed by atoms with E-state index in [1.807, 2.05) is 17.5 Å². The number of nitrogens with zero attached hydrogens (tertiary/aromatic N) is 2. The van der Waals surface area contributed by atoms with Gasteiger partial charge in [0.05, 0.1) is 5.01 Å². The maximum Gasteiger partial charge on any atom is 0.0960 e. The fraction of sp³-hybridized carbons (Fsp3) is 0.727. The lowest BCUT2D eigenvalue weighted by molar-refractivity contribution is 0.406. The van der Waals surface area contributed by atoms with Crippen LogP contribution in [0.15, 0.2) is 6.20 Å². The standard InChI is InChI=1S/C11H19N3S/c1-14(2)8-10-7-13-11(15-10)9-3-5-12-6-4-9/h7,9,12H,3-6,8H2,1-2H3. The van der Waals surface area contributed by atoms with Crippen LogP contribution in [0.25, 0.3) is 0 Å². The maximum atomic E-state index is 4.56. The van der Waals surface area contributed by atoms with E-state index in [1.165, 1.54) is 22.7 Å². The van der Waals surface area contributed by atoms with Crippen molar-refractivity contribution in [3.8, 4) is 0 Å². The first kappa shape index (κ1) is 11.0. The predicted octanol–water partition coefficient (Wildman–Crippen LogP) is 1.67. The SMILES string of the molecule is CN(C)Cc1cnc(C2CCNCC2)s1. The van der Waals surface area contributed by atoms with Crippen LogP contribution in [-0.2, 0) is 6.54 Å². The van der Waals surface area contributed by atoms with Crippen molar-refractivity contribution < 1.29 is 0 Å². The molecule has 0 bridgehead atoms. The van der Waals surface area contributed by atoms with Gasteiger partial charge in [-0.1, -0.05) is 0 Å². The van der Waals surface area contributed by atoms with Gasteiger partial charge in [-0.05, 0) is 40.0 Å². The average Bonchev–Trinajstić information content (AvgIpc) is 2.67. The quantitative estimate of drug-likeness (QED) is 0.848. The number of aromatic nitrogens is 1. The van der Waals surface area contributed by atoms with E-state index in [0.717, 1.165) is 19.6 Å². The summed E-state index contributed by atoms with van der Waals surface area (Å²) in [5.74, 6) is 0.701. The molecule has 1 fully saturated rings. The van der Waals surface area contributed by atoms with Crippen molar-refractivity contribution in [2.45, 2.75) is 25.3 Å². The summed E-state index contributed by atoms with van der Waals surface area (Å²) in [6, 6.07) is 0. The Bertz CT molecular complexity index is 303. The van der Waals surface area contributed by atoms with Gasteiger partial charge in [0.15, 0.2) is 0 Å². The van der Waals surface area contributed by atoms with Gasteiger partial charge in [0.2, 0.25) is 0 Å². The van der Waals surface area contributed by atoms with E-state index in [4.69, 9.17) is 0 Å². The number of hydrogen-bond donors (Lipinski definition) is 1. The molecule has 0 spiro atoms. The predicted molar refractivity (Wildman–Crippen MR) is 64.3 cm³/mol. The van der Waals surface area contributed by atoms with Gasteiger partial charge in [0, 0.05) is 23.5 Å². The minimum absolute atomic E-state index is 0.701. The highest BCUT2D eigenvalue weighted by Crippen LogP contribution is 2.28. The number of thiazole rings is 1. The summed E-state index contributed by atoms with van der Waals surface area (Å²) < 4.78 is 0. The van der Waals surface area contributed by atoms with Crippen LogP contribution < -0.4 is 5.32 Å². The smallest absolute Gasteiger partial charge is 0.0960 e. The minimum atomic E-state index is 0.701. The third kappa shape index (κ3) is 3.00. The van der Waals surface area contributed by atoms with Crippen LogP contribution in [0.5, 0.6) is 0 Å². The number of nitrogens with one attached hydrogen (secondary N) is 1. The Morgan fingerprint density at radius 2 is 2.20 bits per heavy atom. The lowest BCUT2D eigenvalue weighted by Gasteiger charge is -2.20. The van der Waals surface area contributed by atoms with Gasteiger partial charge >= 0.3 is 0 Å².